The van der Waals surface area contributed by atoms with Gasteiger partial charge in [-0.3, -0.25) is 14.4 Å². The average Bonchev–Trinajstić information content (AvgIpc) is 3.04. The first-order chi connectivity index (χ1) is 15.0. The number of hydrogen-bond acceptors (Lipinski definition) is 6. The van der Waals surface area contributed by atoms with Gasteiger partial charge >= 0.3 is 11.9 Å². The molecule has 0 aromatic heterocycles. The van der Waals surface area contributed by atoms with E-state index in [9.17, 15) is 19.5 Å². The predicted molar refractivity (Wildman–Crippen MR) is 114 cm³/mol. The number of ether oxygens (including phenoxy) is 2. The van der Waals surface area contributed by atoms with Crippen LogP contribution in [0.1, 0.15) is 79.1 Å². The molecular formula is C25H37FO6. The fraction of sp³-hybridized carbons (Fsp3) is 0.880. The summed E-state index contributed by atoms with van der Waals surface area (Å²) in [5, 5.41) is 9.53. The zero-order valence-electron chi connectivity index (χ0n) is 19.7. The lowest BCUT2D eigenvalue weighted by atomic mass is 9.42. The number of fused-ring (bicyclic) bond motifs is 5. The number of ketones is 1. The van der Waals surface area contributed by atoms with Gasteiger partial charge in [-0.1, -0.05) is 13.8 Å². The average molecular weight is 453 g/mol. The molecule has 0 spiro atoms. The Morgan fingerprint density at radius 1 is 0.969 bits per heavy atom. The highest BCUT2D eigenvalue weighted by Crippen LogP contribution is 2.71. The van der Waals surface area contributed by atoms with Crippen LogP contribution >= 0.6 is 0 Å². The number of rotatable bonds is 4. The number of hydrogen-bond donors (Lipinski definition) is 1. The molecule has 6 nitrogen and oxygen atoms in total. The molecule has 0 amide bonds. The molecule has 0 aromatic carbocycles. The number of aliphatic hydroxyl groups excluding tert-OH is 1. The van der Waals surface area contributed by atoms with Gasteiger partial charge in [0.25, 0.3) is 0 Å². The minimum Gasteiger partial charge on any atom is -0.463 e. The highest BCUT2D eigenvalue weighted by molar-refractivity contribution is 5.83. The van der Waals surface area contributed by atoms with E-state index in [-0.39, 0.29) is 41.5 Å². The Kier molecular flexibility index (Phi) is 5.96. The van der Waals surface area contributed by atoms with E-state index in [0.717, 1.165) is 12.8 Å². The molecule has 0 unspecified atom stereocenters. The zero-order chi connectivity index (χ0) is 23.5. The first kappa shape index (κ1) is 23.7. The van der Waals surface area contributed by atoms with Crippen molar-refractivity contribution in [2.45, 2.75) is 96.9 Å². The molecule has 32 heavy (non-hydrogen) atoms. The lowest BCUT2D eigenvalue weighted by Crippen LogP contribution is -2.70. The van der Waals surface area contributed by atoms with Crippen molar-refractivity contribution in [1.29, 1.82) is 0 Å². The van der Waals surface area contributed by atoms with Crippen LogP contribution in [0.3, 0.4) is 0 Å². The zero-order valence-corrected chi connectivity index (χ0v) is 19.7. The smallest absolute Gasteiger partial charge is 0.303 e. The van der Waals surface area contributed by atoms with Gasteiger partial charge in [0.2, 0.25) is 0 Å². The monoisotopic (exact) mass is 452 g/mol. The molecule has 0 heterocycles. The lowest BCUT2D eigenvalue weighted by Gasteiger charge is -2.65. The molecule has 180 valence electrons. The molecule has 0 aromatic rings. The van der Waals surface area contributed by atoms with Crippen LogP contribution in [0.4, 0.5) is 4.39 Å². The third-order valence-electron chi connectivity index (χ3n) is 9.85. The van der Waals surface area contributed by atoms with E-state index in [1.54, 1.807) is 0 Å². The molecule has 7 heteroatoms. The summed E-state index contributed by atoms with van der Waals surface area (Å²) in [5.41, 5.74) is -2.87. The summed E-state index contributed by atoms with van der Waals surface area (Å²) in [7, 11) is 0. The molecule has 4 saturated carbocycles. The summed E-state index contributed by atoms with van der Waals surface area (Å²) in [6, 6.07) is 0. The lowest BCUT2D eigenvalue weighted by molar-refractivity contribution is -0.256. The van der Waals surface area contributed by atoms with Gasteiger partial charge in [-0.05, 0) is 68.6 Å². The van der Waals surface area contributed by atoms with Gasteiger partial charge in [-0.15, -0.1) is 0 Å². The highest BCUT2D eigenvalue weighted by Gasteiger charge is 2.73. The Labute approximate surface area is 189 Å². The fourth-order valence-corrected chi connectivity index (χ4v) is 8.49. The summed E-state index contributed by atoms with van der Waals surface area (Å²) < 4.78 is 28.9. The molecule has 0 aliphatic heterocycles. The van der Waals surface area contributed by atoms with Gasteiger partial charge in [-0.25, -0.2) is 4.39 Å². The van der Waals surface area contributed by atoms with Crippen LogP contribution in [0.25, 0.3) is 0 Å². The van der Waals surface area contributed by atoms with Gasteiger partial charge in [0, 0.05) is 31.1 Å². The van der Waals surface area contributed by atoms with Crippen molar-refractivity contribution in [3.8, 4) is 0 Å². The van der Waals surface area contributed by atoms with E-state index >= 15 is 4.39 Å². The Morgan fingerprint density at radius 2 is 1.62 bits per heavy atom. The summed E-state index contributed by atoms with van der Waals surface area (Å²) >= 11 is 0. The summed E-state index contributed by atoms with van der Waals surface area (Å²) in [5.74, 6) is -1.57. The molecule has 4 aliphatic carbocycles. The largest absolute Gasteiger partial charge is 0.463 e. The van der Waals surface area contributed by atoms with Crippen LogP contribution in [0.2, 0.25) is 0 Å². The Bertz CT molecular complexity index is 799. The van der Waals surface area contributed by atoms with Crippen molar-refractivity contribution in [3.63, 3.8) is 0 Å². The maximum Gasteiger partial charge on any atom is 0.303 e. The van der Waals surface area contributed by atoms with Crippen LogP contribution in [0.15, 0.2) is 0 Å². The van der Waals surface area contributed by atoms with Gasteiger partial charge in [0.15, 0.2) is 11.5 Å². The number of carbonyl (C=O) groups is 3. The maximum atomic E-state index is 17.7. The topological polar surface area (TPSA) is 89.9 Å². The van der Waals surface area contributed by atoms with Crippen LogP contribution in [0, 0.1) is 34.5 Å². The van der Waals surface area contributed by atoms with E-state index in [1.165, 1.54) is 13.8 Å². The molecule has 0 bridgehead atoms. The van der Waals surface area contributed by atoms with Crippen molar-refractivity contribution in [2.75, 3.05) is 6.61 Å². The maximum absolute atomic E-state index is 17.7. The van der Waals surface area contributed by atoms with Crippen molar-refractivity contribution in [1.82, 2.24) is 0 Å². The number of aliphatic hydroxyl groups is 1. The Balaban J connectivity index is 1.72. The first-order valence-electron chi connectivity index (χ1n) is 12.1. The second-order valence-corrected chi connectivity index (χ2v) is 11.2. The van der Waals surface area contributed by atoms with Crippen molar-refractivity contribution < 1.29 is 33.4 Å². The first-order valence-corrected chi connectivity index (χ1v) is 12.1. The molecule has 4 rings (SSSR count). The van der Waals surface area contributed by atoms with Gasteiger partial charge in [-0.2, -0.15) is 0 Å². The number of Topliss-reactive ketones (excluding diaryl/α,β-unsaturated/α-hetero) is 1. The van der Waals surface area contributed by atoms with Crippen molar-refractivity contribution in [2.24, 2.45) is 34.5 Å². The Morgan fingerprint density at radius 3 is 2.25 bits per heavy atom. The third kappa shape index (κ3) is 3.33. The quantitative estimate of drug-likeness (QED) is 0.653. The summed E-state index contributed by atoms with van der Waals surface area (Å²) in [4.78, 5) is 36.1. The van der Waals surface area contributed by atoms with E-state index in [4.69, 9.17) is 9.47 Å². The van der Waals surface area contributed by atoms with Gasteiger partial charge in [0.05, 0.1) is 0 Å². The SMILES string of the molecule is CC(=O)O[C@H]1CC[C@@]2(C)[C@H](CC[C@H]3[C@@H]4CC[C@H](C(=O)CO)[C@@]4(C)C[C@@H](OC(C)=O)[C@@]32F)C1. The van der Waals surface area contributed by atoms with E-state index in [2.05, 4.69) is 0 Å². The van der Waals surface area contributed by atoms with Crippen LogP contribution in [-0.4, -0.2) is 47.3 Å². The minimum atomic E-state index is -1.69. The third-order valence-corrected chi connectivity index (χ3v) is 9.85. The number of esters is 2. The predicted octanol–water partition coefficient (Wildman–Crippen LogP) is 3.77. The number of halogens is 1. The van der Waals surface area contributed by atoms with E-state index < -0.39 is 35.2 Å². The molecule has 4 fully saturated rings. The molecule has 0 saturated heterocycles. The molecule has 0 radical (unpaired) electrons. The highest BCUT2D eigenvalue weighted by atomic mass is 19.1. The van der Waals surface area contributed by atoms with E-state index in [0.29, 0.717) is 38.5 Å². The molecule has 9 atom stereocenters. The fourth-order valence-electron chi connectivity index (χ4n) is 8.49. The second kappa shape index (κ2) is 8.07. The molecule has 1 N–H and O–H groups in total. The second-order valence-electron chi connectivity index (χ2n) is 11.2. The Hall–Kier alpha value is -1.50. The molecule has 4 aliphatic rings. The van der Waals surface area contributed by atoms with Crippen LogP contribution in [-0.2, 0) is 23.9 Å². The normalized spacial score (nSPS) is 47.6. The number of carbonyl (C=O) groups excluding carboxylic acids is 3. The van der Waals surface area contributed by atoms with E-state index in [1.807, 2.05) is 13.8 Å². The summed E-state index contributed by atoms with van der Waals surface area (Å²) in [6.07, 6.45) is 3.91. The number of alkyl halides is 1. The van der Waals surface area contributed by atoms with Crippen LogP contribution in [0.5, 0.6) is 0 Å². The van der Waals surface area contributed by atoms with Gasteiger partial charge < -0.3 is 14.6 Å². The van der Waals surface area contributed by atoms with Crippen molar-refractivity contribution in [3.05, 3.63) is 0 Å². The van der Waals surface area contributed by atoms with Gasteiger partial charge in [0.1, 0.15) is 18.8 Å². The molecular weight excluding hydrogens is 415 g/mol. The summed E-state index contributed by atoms with van der Waals surface area (Å²) in [6.45, 7) is 6.25. The minimum absolute atomic E-state index is 0.0174. The van der Waals surface area contributed by atoms with Crippen LogP contribution < -0.4 is 0 Å². The standard InChI is InChI=1S/C25H37FO6/c1-14(28)31-17-9-10-24(4)16(11-17)5-6-19-18-7-8-20(21(30)13-27)23(18,3)12-22(25(19,24)26)32-15(2)29/h16-20,22,27H,5-13H2,1-4H3/t16-,17+,18+,19+,20-,22-,23+,24+,25+/m1/s1. The van der Waals surface area contributed by atoms with Crippen molar-refractivity contribution >= 4 is 17.7 Å².